The number of ether oxygens (including phenoxy) is 3. The molecule has 1 aliphatic heterocycles. The van der Waals surface area contributed by atoms with Crippen LogP contribution in [0.1, 0.15) is 31.1 Å². The lowest BCUT2D eigenvalue weighted by molar-refractivity contribution is -0.144. The van der Waals surface area contributed by atoms with Crippen LogP contribution in [0.15, 0.2) is 18.2 Å². The summed E-state index contributed by atoms with van der Waals surface area (Å²) in [5.41, 5.74) is 0.456. The van der Waals surface area contributed by atoms with Crippen LogP contribution in [0.5, 0.6) is 11.5 Å². The van der Waals surface area contributed by atoms with Crippen LogP contribution in [0.2, 0.25) is 0 Å². The molecule has 1 aromatic carbocycles. The van der Waals surface area contributed by atoms with Crippen LogP contribution in [0.3, 0.4) is 0 Å². The van der Waals surface area contributed by atoms with Gasteiger partial charge in [0.2, 0.25) is 6.79 Å². The third-order valence-electron chi connectivity index (χ3n) is 3.11. The fourth-order valence-electron chi connectivity index (χ4n) is 2.03. The number of esters is 1. The fourth-order valence-corrected chi connectivity index (χ4v) is 2.03. The molecule has 0 aliphatic carbocycles. The predicted molar refractivity (Wildman–Crippen MR) is 75.4 cm³/mol. The van der Waals surface area contributed by atoms with Crippen molar-refractivity contribution in [3.8, 4) is 11.5 Å². The Labute approximate surface area is 123 Å². The van der Waals surface area contributed by atoms with E-state index in [0.717, 1.165) is 0 Å². The summed E-state index contributed by atoms with van der Waals surface area (Å²) >= 11 is 0. The van der Waals surface area contributed by atoms with Crippen LogP contribution in [-0.2, 0) is 9.53 Å². The largest absolute Gasteiger partial charge is 0.465 e. The summed E-state index contributed by atoms with van der Waals surface area (Å²) in [5, 5.41) is 0. The zero-order chi connectivity index (χ0) is 15.4. The first-order valence-electron chi connectivity index (χ1n) is 6.89. The number of amides is 1. The van der Waals surface area contributed by atoms with Gasteiger partial charge in [0.15, 0.2) is 11.5 Å². The SMILES string of the molecule is CCOC(=O)CN(C(=O)c1ccc2c(c1)OCO2)C(C)C. The maximum Gasteiger partial charge on any atom is 0.325 e. The van der Waals surface area contributed by atoms with Crippen LogP contribution in [0.4, 0.5) is 0 Å². The summed E-state index contributed by atoms with van der Waals surface area (Å²) in [4.78, 5) is 25.6. The molecule has 1 amide bonds. The van der Waals surface area contributed by atoms with E-state index >= 15 is 0 Å². The first kappa shape index (κ1) is 15.2. The van der Waals surface area contributed by atoms with Crippen LogP contribution < -0.4 is 9.47 Å². The summed E-state index contributed by atoms with van der Waals surface area (Å²) < 4.78 is 15.4. The van der Waals surface area contributed by atoms with Crippen molar-refractivity contribution in [1.82, 2.24) is 4.90 Å². The third kappa shape index (κ3) is 3.45. The molecule has 2 rings (SSSR count). The van der Waals surface area contributed by atoms with Gasteiger partial charge < -0.3 is 19.1 Å². The Balaban J connectivity index is 2.16. The third-order valence-corrected chi connectivity index (χ3v) is 3.11. The molecule has 6 nitrogen and oxygen atoms in total. The molecule has 6 heteroatoms. The average Bonchev–Trinajstić information content (AvgIpc) is 2.91. The molecule has 0 saturated carbocycles. The maximum absolute atomic E-state index is 12.5. The quantitative estimate of drug-likeness (QED) is 0.775. The minimum Gasteiger partial charge on any atom is -0.465 e. The molecule has 1 aliphatic rings. The van der Waals surface area contributed by atoms with Gasteiger partial charge in [-0.3, -0.25) is 9.59 Å². The van der Waals surface area contributed by atoms with Gasteiger partial charge in [-0.05, 0) is 39.0 Å². The highest BCUT2D eigenvalue weighted by atomic mass is 16.7. The van der Waals surface area contributed by atoms with Gasteiger partial charge in [0.1, 0.15) is 6.54 Å². The second-order valence-electron chi connectivity index (χ2n) is 4.90. The topological polar surface area (TPSA) is 65.1 Å². The van der Waals surface area contributed by atoms with E-state index in [0.29, 0.717) is 23.7 Å². The average molecular weight is 293 g/mol. The Hall–Kier alpha value is -2.24. The summed E-state index contributed by atoms with van der Waals surface area (Å²) in [6.45, 7) is 5.82. The first-order valence-corrected chi connectivity index (χ1v) is 6.89. The lowest BCUT2D eigenvalue weighted by Gasteiger charge is -2.25. The molecule has 0 saturated heterocycles. The Morgan fingerprint density at radius 2 is 2.00 bits per heavy atom. The number of hydrogen-bond donors (Lipinski definition) is 0. The van der Waals surface area contributed by atoms with Gasteiger partial charge >= 0.3 is 5.97 Å². The van der Waals surface area contributed by atoms with E-state index in [-0.39, 0.29) is 25.3 Å². The van der Waals surface area contributed by atoms with Gasteiger partial charge in [0.25, 0.3) is 5.91 Å². The predicted octanol–water partition coefficient (Wildman–Crippen LogP) is 1.83. The van der Waals surface area contributed by atoms with Gasteiger partial charge in [0, 0.05) is 11.6 Å². The molecule has 0 bridgehead atoms. The monoisotopic (exact) mass is 293 g/mol. The minimum absolute atomic E-state index is 0.0707. The number of fused-ring (bicyclic) bond motifs is 1. The number of benzene rings is 1. The molecule has 0 atom stereocenters. The summed E-state index contributed by atoms with van der Waals surface area (Å²) in [7, 11) is 0. The Morgan fingerprint density at radius 3 is 2.67 bits per heavy atom. The number of hydrogen-bond acceptors (Lipinski definition) is 5. The second-order valence-corrected chi connectivity index (χ2v) is 4.90. The Morgan fingerprint density at radius 1 is 1.29 bits per heavy atom. The van der Waals surface area contributed by atoms with Crippen molar-refractivity contribution < 1.29 is 23.8 Å². The van der Waals surface area contributed by atoms with Gasteiger partial charge in [-0.2, -0.15) is 0 Å². The van der Waals surface area contributed by atoms with Gasteiger partial charge in [0.05, 0.1) is 6.61 Å². The number of carbonyl (C=O) groups excluding carboxylic acids is 2. The summed E-state index contributed by atoms with van der Waals surface area (Å²) in [6, 6.07) is 4.87. The molecular formula is C15H19NO5. The van der Waals surface area contributed by atoms with E-state index in [1.807, 2.05) is 13.8 Å². The minimum atomic E-state index is -0.416. The molecule has 21 heavy (non-hydrogen) atoms. The van der Waals surface area contributed by atoms with E-state index in [1.54, 1.807) is 25.1 Å². The Kier molecular flexibility index (Phi) is 4.67. The van der Waals surface area contributed by atoms with Crippen molar-refractivity contribution in [2.75, 3.05) is 19.9 Å². The summed E-state index contributed by atoms with van der Waals surface area (Å²) in [5.74, 6) is 0.505. The van der Waals surface area contributed by atoms with E-state index in [2.05, 4.69) is 0 Å². The molecule has 0 N–H and O–H groups in total. The van der Waals surface area contributed by atoms with Crippen LogP contribution in [0, 0.1) is 0 Å². The van der Waals surface area contributed by atoms with Gasteiger partial charge in [-0.25, -0.2) is 0 Å². The van der Waals surface area contributed by atoms with Crippen molar-refractivity contribution in [2.45, 2.75) is 26.8 Å². The highest BCUT2D eigenvalue weighted by molar-refractivity contribution is 5.96. The van der Waals surface area contributed by atoms with Crippen molar-refractivity contribution in [3.63, 3.8) is 0 Å². The van der Waals surface area contributed by atoms with Crippen LogP contribution in [0.25, 0.3) is 0 Å². The number of rotatable bonds is 5. The zero-order valence-corrected chi connectivity index (χ0v) is 12.4. The molecule has 0 aromatic heterocycles. The lowest BCUT2D eigenvalue weighted by atomic mass is 10.1. The maximum atomic E-state index is 12.5. The van der Waals surface area contributed by atoms with Gasteiger partial charge in [-0.1, -0.05) is 0 Å². The van der Waals surface area contributed by atoms with Crippen molar-refractivity contribution in [3.05, 3.63) is 23.8 Å². The molecule has 0 fully saturated rings. The smallest absolute Gasteiger partial charge is 0.325 e. The molecule has 0 radical (unpaired) electrons. The van der Waals surface area contributed by atoms with Crippen molar-refractivity contribution in [2.24, 2.45) is 0 Å². The Bertz CT molecular complexity index is 541. The molecule has 1 heterocycles. The van der Waals surface area contributed by atoms with E-state index in [4.69, 9.17) is 14.2 Å². The molecule has 114 valence electrons. The standard InChI is InChI=1S/C15H19NO5/c1-4-19-14(17)8-16(10(2)3)15(18)11-5-6-12-13(7-11)21-9-20-12/h5-7,10H,4,8-9H2,1-3H3. The lowest BCUT2D eigenvalue weighted by Crippen LogP contribution is -2.41. The fraction of sp³-hybridized carbons (Fsp3) is 0.467. The zero-order valence-electron chi connectivity index (χ0n) is 12.4. The molecular weight excluding hydrogens is 274 g/mol. The molecule has 0 unspecified atom stereocenters. The van der Waals surface area contributed by atoms with E-state index < -0.39 is 5.97 Å². The van der Waals surface area contributed by atoms with E-state index in [1.165, 1.54) is 4.90 Å². The second kappa shape index (κ2) is 6.47. The number of carbonyl (C=O) groups is 2. The van der Waals surface area contributed by atoms with Crippen molar-refractivity contribution in [1.29, 1.82) is 0 Å². The first-order chi connectivity index (χ1) is 10.0. The van der Waals surface area contributed by atoms with Gasteiger partial charge in [-0.15, -0.1) is 0 Å². The normalized spacial score (nSPS) is 12.4. The van der Waals surface area contributed by atoms with E-state index in [9.17, 15) is 9.59 Å². The summed E-state index contributed by atoms with van der Waals surface area (Å²) in [6.07, 6.45) is 0. The number of nitrogens with zero attached hydrogens (tertiary/aromatic N) is 1. The highest BCUT2D eigenvalue weighted by Gasteiger charge is 2.24. The van der Waals surface area contributed by atoms with Crippen LogP contribution >= 0.6 is 0 Å². The van der Waals surface area contributed by atoms with Crippen molar-refractivity contribution >= 4 is 11.9 Å². The highest BCUT2D eigenvalue weighted by Crippen LogP contribution is 2.32. The van der Waals surface area contributed by atoms with Crippen LogP contribution in [-0.4, -0.2) is 42.8 Å². The molecule has 1 aromatic rings. The molecule has 0 spiro atoms.